The van der Waals surface area contributed by atoms with Crippen LogP contribution in [0.5, 0.6) is 0 Å². The first-order valence-electron chi connectivity index (χ1n) is 11.5. The average molecular weight is 513 g/mol. The van der Waals surface area contributed by atoms with E-state index >= 15 is 0 Å². The number of alkyl carbamates (subject to hydrolysis) is 1. The summed E-state index contributed by atoms with van der Waals surface area (Å²) < 4.78 is 32.8. The van der Waals surface area contributed by atoms with Crippen molar-refractivity contribution >= 4 is 27.7 Å². The van der Waals surface area contributed by atoms with E-state index in [0.29, 0.717) is 6.42 Å². The smallest absolute Gasteiger partial charge is 0.408 e. The number of benzene rings is 1. The summed E-state index contributed by atoms with van der Waals surface area (Å²) in [5.41, 5.74) is -1.51. The summed E-state index contributed by atoms with van der Waals surface area (Å²) >= 11 is 0. The van der Waals surface area contributed by atoms with Crippen molar-refractivity contribution in [3.8, 4) is 0 Å². The molecule has 0 saturated carbocycles. The minimum Gasteiger partial charge on any atom is -0.444 e. The highest BCUT2D eigenvalue weighted by Gasteiger charge is 2.40. The number of sulfonamides is 1. The van der Waals surface area contributed by atoms with Crippen LogP contribution in [-0.2, 0) is 19.6 Å². The third kappa shape index (κ3) is 7.63. The largest absolute Gasteiger partial charge is 0.444 e. The highest BCUT2D eigenvalue weighted by atomic mass is 32.2. The van der Waals surface area contributed by atoms with Gasteiger partial charge in [0.1, 0.15) is 11.6 Å². The van der Waals surface area contributed by atoms with Crippen molar-refractivity contribution in [1.29, 1.82) is 0 Å². The van der Waals surface area contributed by atoms with Gasteiger partial charge in [-0.25, -0.2) is 13.2 Å². The zero-order valence-electron chi connectivity index (χ0n) is 21.4. The molecule has 1 aromatic carbocycles. The average Bonchev–Trinajstić information content (AvgIpc) is 2.70. The summed E-state index contributed by atoms with van der Waals surface area (Å²) in [7, 11) is -4.14. The van der Waals surface area contributed by atoms with E-state index in [-0.39, 0.29) is 35.9 Å². The molecule has 2 rings (SSSR count). The van der Waals surface area contributed by atoms with E-state index in [1.807, 2.05) is 20.8 Å². The maximum Gasteiger partial charge on any atom is 0.408 e. The summed E-state index contributed by atoms with van der Waals surface area (Å²) in [5.74, 6) is -0.332. The molecule has 0 spiro atoms. The number of nitro benzene ring substituents is 1. The van der Waals surface area contributed by atoms with E-state index in [1.54, 1.807) is 32.6 Å². The van der Waals surface area contributed by atoms with Crippen LogP contribution in [0.2, 0.25) is 0 Å². The molecule has 2 atom stereocenters. The minimum atomic E-state index is -4.14. The van der Waals surface area contributed by atoms with E-state index in [2.05, 4.69) is 5.32 Å². The van der Waals surface area contributed by atoms with Gasteiger partial charge in [0.15, 0.2) is 4.90 Å². The van der Waals surface area contributed by atoms with Crippen molar-refractivity contribution in [3.63, 3.8) is 0 Å². The van der Waals surface area contributed by atoms with Crippen LogP contribution >= 0.6 is 0 Å². The fourth-order valence-electron chi connectivity index (χ4n) is 3.90. The Morgan fingerprint density at radius 1 is 1.17 bits per heavy atom. The number of ether oxygens (including phenoxy) is 1. The van der Waals surface area contributed by atoms with Gasteiger partial charge < -0.3 is 15.0 Å². The number of hydrogen-bond donors (Lipinski definition) is 1. The third-order valence-corrected chi connectivity index (χ3v) is 7.27. The van der Waals surface area contributed by atoms with E-state index in [0.717, 1.165) is 10.4 Å². The van der Waals surface area contributed by atoms with Gasteiger partial charge in [-0.1, -0.05) is 32.9 Å². The van der Waals surface area contributed by atoms with E-state index in [1.165, 1.54) is 18.2 Å². The van der Waals surface area contributed by atoms with Gasteiger partial charge in [0.2, 0.25) is 15.9 Å². The zero-order valence-corrected chi connectivity index (χ0v) is 22.2. The number of nitrogens with one attached hydrogen (secondary N) is 1. The molecule has 0 bridgehead atoms. The lowest BCUT2D eigenvalue weighted by atomic mass is 9.87. The molecule has 1 aromatic rings. The van der Waals surface area contributed by atoms with Gasteiger partial charge in [0.25, 0.3) is 5.69 Å². The predicted molar refractivity (Wildman–Crippen MR) is 130 cm³/mol. The Morgan fingerprint density at radius 2 is 1.77 bits per heavy atom. The van der Waals surface area contributed by atoms with Crippen molar-refractivity contribution in [2.24, 2.45) is 5.41 Å². The molecule has 2 amide bonds. The molecule has 0 aliphatic carbocycles. The number of carbonyl (C=O) groups excluding carboxylic acids is 2. The van der Waals surface area contributed by atoms with E-state index < -0.39 is 44.4 Å². The van der Waals surface area contributed by atoms with E-state index in [9.17, 15) is 28.1 Å². The summed E-state index contributed by atoms with van der Waals surface area (Å²) in [6.45, 7) is 12.8. The van der Waals surface area contributed by atoms with Crippen LogP contribution in [-0.4, -0.2) is 71.9 Å². The third-order valence-electron chi connectivity index (χ3n) is 5.36. The molecule has 1 fully saturated rings. The van der Waals surface area contributed by atoms with Crippen LogP contribution in [0.3, 0.4) is 0 Å². The number of nitrogens with zero attached hydrogens (tertiary/aromatic N) is 3. The number of nitro groups is 1. The Balaban J connectivity index is 2.22. The Bertz CT molecular complexity index is 1060. The molecule has 0 aromatic heterocycles. The van der Waals surface area contributed by atoms with E-state index in [4.69, 9.17) is 4.74 Å². The van der Waals surface area contributed by atoms with Gasteiger partial charge >= 0.3 is 6.09 Å². The maximum absolute atomic E-state index is 13.5. The molecule has 12 heteroatoms. The number of amides is 2. The van der Waals surface area contributed by atoms with Crippen molar-refractivity contribution in [2.45, 2.75) is 77.5 Å². The summed E-state index contributed by atoms with van der Waals surface area (Å²) in [6.07, 6.45) is -0.350. The SMILES string of the molecule is C[C@@H]1CN(S(=O)(=O)c2ccccc2[N+](=O)[O-])CCN1C(=O)[C@H](CC(C)(C)C)NC(=O)OC(C)(C)C. The molecule has 1 N–H and O–H groups in total. The Labute approximate surface area is 207 Å². The molecule has 0 radical (unpaired) electrons. The first-order valence-corrected chi connectivity index (χ1v) is 12.9. The second kappa shape index (κ2) is 10.5. The Morgan fingerprint density at radius 3 is 2.29 bits per heavy atom. The van der Waals surface area contributed by atoms with Gasteiger partial charge in [0, 0.05) is 31.7 Å². The van der Waals surface area contributed by atoms with Crippen LogP contribution in [0.15, 0.2) is 29.2 Å². The van der Waals surface area contributed by atoms with Crippen LogP contribution in [0.1, 0.15) is 54.9 Å². The summed E-state index contributed by atoms with van der Waals surface area (Å²) in [6, 6.07) is 3.82. The molecule has 11 nitrogen and oxygen atoms in total. The molecular formula is C23H36N4O7S. The topological polar surface area (TPSA) is 139 Å². The molecule has 35 heavy (non-hydrogen) atoms. The molecule has 1 heterocycles. The first kappa shape index (κ1) is 28.5. The number of para-hydroxylation sites is 1. The van der Waals surface area contributed by atoms with Crippen molar-refractivity contribution < 1.29 is 27.7 Å². The first-order chi connectivity index (χ1) is 15.9. The van der Waals surface area contributed by atoms with Crippen LogP contribution in [0.25, 0.3) is 0 Å². The molecule has 0 unspecified atom stereocenters. The number of carbonyl (C=O) groups is 2. The van der Waals surface area contributed by atoms with Crippen molar-refractivity contribution in [1.82, 2.24) is 14.5 Å². The summed E-state index contributed by atoms with van der Waals surface area (Å²) in [5, 5.41) is 14.0. The molecular weight excluding hydrogens is 476 g/mol. The normalized spacial score (nSPS) is 18.6. The van der Waals surface area contributed by atoms with Gasteiger partial charge in [-0.3, -0.25) is 14.9 Å². The van der Waals surface area contributed by atoms with Crippen LogP contribution in [0.4, 0.5) is 10.5 Å². The number of piperazine rings is 1. The number of hydrogen-bond acceptors (Lipinski definition) is 7. The fourth-order valence-corrected chi connectivity index (χ4v) is 5.57. The zero-order chi connectivity index (χ0) is 26.8. The van der Waals surface area contributed by atoms with Gasteiger partial charge in [0.05, 0.1) is 4.92 Å². The highest BCUT2D eigenvalue weighted by Crippen LogP contribution is 2.29. The maximum atomic E-state index is 13.5. The summed E-state index contributed by atoms with van der Waals surface area (Å²) in [4.78, 5) is 37.6. The molecule has 1 aliphatic heterocycles. The molecule has 196 valence electrons. The fraction of sp³-hybridized carbons (Fsp3) is 0.652. The minimum absolute atomic E-state index is 0.0286. The molecule has 1 aliphatic rings. The Hall–Kier alpha value is -2.73. The second-order valence-electron chi connectivity index (χ2n) is 10.9. The monoisotopic (exact) mass is 512 g/mol. The number of rotatable bonds is 6. The molecule has 1 saturated heterocycles. The Kier molecular flexibility index (Phi) is 8.54. The van der Waals surface area contributed by atoms with Gasteiger partial charge in [-0.15, -0.1) is 0 Å². The lowest BCUT2D eigenvalue weighted by Crippen LogP contribution is -2.60. The van der Waals surface area contributed by atoms with Gasteiger partial charge in [-0.05, 0) is 45.6 Å². The standard InChI is InChI=1S/C23H36N4O7S/c1-16-15-25(35(32,33)19-11-9-8-10-18(19)27(30)31)12-13-26(16)20(28)17(14-22(2,3)4)24-21(29)34-23(5,6)7/h8-11,16-17H,12-15H2,1-7H3,(H,24,29)/t16-,17+/m1/s1. The van der Waals surface area contributed by atoms with Crippen molar-refractivity contribution in [2.75, 3.05) is 19.6 Å². The lowest BCUT2D eigenvalue weighted by Gasteiger charge is -2.41. The van der Waals surface area contributed by atoms with Crippen LogP contribution < -0.4 is 5.32 Å². The quantitative estimate of drug-likeness (QED) is 0.456. The highest BCUT2D eigenvalue weighted by molar-refractivity contribution is 7.89. The van der Waals surface area contributed by atoms with Gasteiger partial charge in [-0.2, -0.15) is 4.31 Å². The van der Waals surface area contributed by atoms with Crippen molar-refractivity contribution in [3.05, 3.63) is 34.4 Å². The predicted octanol–water partition coefficient (Wildman–Crippen LogP) is 3.15. The lowest BCUT2D eigenvalue weighted by molar-refractivity contribution is -0.387. The second-order valence-corrected chi connectivity index (χ2v) is 12.8. The van der Waals surface area contributed by atoms with Crippen LogP contribution in [0, 0.1) is 15.5 Å².